The summed E-state index contributed by atoms with van der Waals surface area (Å²) in [7, 11) is 5.22. The van der Waals surface area contributed by atoms with E-state index in [4.69, 9.17) is 4.74 Å². The molecule has 0 radical (unpaired) electrons. The standard InChI is InChI=1S/C30H50N8O9/c1-16(2)13-20(37(9)23(40)15-36(8)29(45)33-22(39)14-21-18(5)11-12-47-21)26(42)34-24(17(3)4)27(43)38(10)30(46)32-19(6)25(41)35-28(44)31-7/h11-12,16-21,24H,13-15H2,1-10H3,(H,32,46)(H,34,42)(H,33,39,45)(H2,31,35,41,44)/t18-,19?,20+,21?,24+/m1/s1. The number of amides is 11. The summed E-state index contributed by atoms with van der Waals surface area (Å²) in [5, 5.41) is 11.4. The normalized spacial score (nSPS) is 17.0. The van der Waals surface area contributed by atoms with Crippen molar-refractivity contribution >= 4 is 47.6 Å². The van der Waals surface area contributed by atoms with Gasteiger partial charge in [-0.3, -0.25) is 39.5 Å². The average Bonchev–Trinajstić information content (AvgIpc) is 3.39. The van der Waals surface area contributed by atoms with Crippen LogP contribution in [-0.4, -0.2) is 121 Å². The van der Waals surface area contributed by atoms with Crippen molar-refractivity contribution in [2.24, 2.45) is 17.8 Å². The van der Waals surface area contributed by atoms with Gasteiger partial charge in [-0.25, -0.2) is 14.4 Å². The minimum Gasteiger partial charge on any atom is -0.497 e. The summed E-state index contributed by atoms with van der Waals surface area (Å²) >= 11 is 0. The lowest BCUT2D eigenvalue weighted by molar-refractivity contribution is -0.142. The molecule has 17 heteroatoms. The number of nitrogens with zero attached hydrogens (tertiary/aromatic N) is 3. The lowest BCUT2D eigenvalue weighted by atomic mass is 9.99. The van der Waals surface area contributed by atoms with E-state index in [1.54, 1.807) is 19.9 Å². The molecule has 0 fully saturated rings. The van der Waals surface area contributed by atoms with Gasteiger partial charge in [0.25, 0.3) is 5.91 Å². The van der Waals surface area contributed by atoms with Gasteiger partial charge in [-0.2, -0.15) is 0 Å². The monoisotopic (exact) mass is 666 g/mol. The van der Waals surface area contributed by atoms with Gasteiger partial charge in [0.1, 0.15) is 30.8 Å². The summed E-state index contributed by atoms with van der Waals surface area (Å²) in [5.74, 6) is -3.95. The predicted molar refractivity (Wildman–Crippen MR) is 170 cm³/mol. The summed E-state index contributed by atoms with van der Waals surface area (Å²) in [4.78, 5) is 104. The largest absolute Gasteiger partial charge is 0.497 e. The zero-order valence-electron chi connectivity index (χ0n) is 28.8. The first kappa shape index (κ1) is 40.3. The Hall–Kier alpha value is -4.70. The first-order valence-electron chi connectivity index (χ1n) is 15.3. The van der Waals surface area contributed by atoms with Crippen LogP contribution in [-0.2, 0) is 28.7 Å². The van der Waals surface area contributed by atoms with Crippen molar-refractivity contribution in [3.05, 3.63) is 12.3 Å². The highest BCUT2D eigenvalue weighted by atomic mass is 16.5. The lowest BCUT2D eigenvalue weighted by Crippen LogP contribution is -2.59. The molecule has 0 saturated carbocycles. The zero-order valence-corrected chi connectivity index (χ0v) is 28.8. The molecule has 5 N–H and O–H groups in total. The summed E-state index contributed by atoms with van der Waals surface area (Å²) in [6.45, 7) is 9.76. The summed E-state index contributed by atoms with van der Waals surface area (Å²) < 4.78 is 5.34. The van der Waals surface area contributed by atoms with E-state index >= 15 is 0 Å². The van der Waals surface area contributed by atoms with E-state index in [-0.39, 0.29) is 24.7 Å². The number of ether oxygens (including phenoxy) is 1. The second kappa shape index (κ2) is 18.4. The number of imide groups is 3. The SMILES string of the molecule is CNC(=O)NC(=O)C(C)NC(=O)N(C)C(=O)[C@@H](NC(=O)[C@H](CC(C)C)N(C)C(=O)CN(C)C(=O)NC(=O)CC1OC=C[C@H]1C)C(C)C. The molecule has 2 unspecified atom stereocenters. The Kier molecular flexibility index (Phi) is 15.8. The van der Waals surface area contributed by atoms with Crippen LogP contribution < -0.4 is 26.6 Å². The third kappa shape index (κ3) is 12.5. The van der Waals surface area contributed by atoms with E-state index in [2.05, 4.69) is 21.3 Å². The quantitative estimate of drug-likeness (QED) is 0.180. The molecule has 1 aliphatic rings. The van der Waals surface area contributed by atoms with Gasteiger partial charge in [0.15, 0.2) is 0 Å². The molecule has 0 aromatic rings. The Morgan fingerprint density at radius 1 is 0.851 bits per heavy atom. The Balaban J connectivity index is 2.93. The second-order valence-corrected chi connectivity index (χ2v) is 12.3. The van der Waals surface area contributed by atoms with Crippen LogP contribution in [0.5, 0.6) is 0 Å². The van der Waals surface area contributed by atoms with E-state index in [0.717, 1.165) is 4.90 Å². The number of likely N-dealkylation sites (N-methyl/N-ethyl adjacent to an activating group) is 3. The number of nitrogens with one attached hydrogen (secondary N) is 5. The van der Waals surface area contributed by atoms with Gasteiger partial charge in [-0.05, 0) is 31.3 Å². The topological polar surface area (TPSA) is 216 Å². The van der Waals surface area contributed by atoms with Crippen molar-refractivity contribution in [3.8, 4) is 0 Å². The molecule has 0 saturated heterocycles. The molecule has 1 aliphatic heterocycles. The minimum absolute atomic E-state index is 0.00856. The van der Waals surface area contributed by atoms with Crippen LogP contribution in [0.15, 0.2) is 12.3 Å². The van der Waals surface area contributed by atoms with Gasteiger partial charge in [-0.15, -0.1) is 0 Å². The van der Waals surface area contributed by atoms with Gasteiger partial charge < -0.3 is 30.5 Å². The van der Waals surface area contributed by atoms with E-state index < -0.39 is 84.3 Å². The van der Waals surface area contributed by atoms with Gasteiger partial charge >= 0.3 is 18.1 Å². The number of carbonyl (C=O) groups excluding carboxylic acids is 8. The van der Waals surface area contributed by atoms with Crippen LogP contribution in [0.25, 0.3) is 0 Å². The summed E-state index contributed by atoms with van der Waals surface area (Å²) in [5.41, 5.74) is 0. The molecule has 0 aromatic heterocycles. The van der Waals surface area contributed by atoms with Crippen LogP contribution in [0.1, 0.15) is 54.4 Å². The van der Waals surface area contributed by atoms with Gasteiger partial charge in [0, 0.05) is 34.1 Å². The number of rotatable bonds is 13. The van der Waals surface area contributed by atoms with E-state index in [1.165, 1.54) is 46.3 Å². The van der Waals surface area contributed by atoms with Crippen molar-refractivity contribution in [3.63, 3.8) is 0 Å². The van der Waals surface area contributed by atoms with Crippen LogP contribution in [0.3, 0.4) is 0 Å². The molecule has 0 spiro atoms. The fourth-order valence-electron chi connectivity index (χ4n) is 4.35. The Morgan fingerprint density at radius 3 is 1.98 bits per heavy atom. The number of urea groups is 3. The zero-order chi connectivity index (χ0) is 36.2. The minimum atomic E-state index is -1.19. The first-order chi connectivity index (χ1) is 21.8. The van der Waals surface area contributed by atoms with Crippen molar-refractivity contribution in [2.75, 3.05) is 34.7 Å². The molecule has 1 rings (SSSR count). The maximum atomic E-state index is 13.6. The molecule has 17 nitrogen and oxygen atoms in total. The van der Waals surface area contributed by atoms with Crippen LogP contribution in [0.4, 0.5) is 14.4 Å². The molecule has 47 heavy (non-hydrogen) atoms. The first-order valence-corrected chi connectivity index (χ1v) is 15.3. The fraction of sp³-hybridized carbons (Fsp3) is 0.667. The summed E-state index contributed by atoms with van der Waals surface area (Å²) in [6, 6.07) is -5.92. The highest BCUT2D eigenvalue weighted by molar-refractivity contribution is 6.02. The van der Waals surface area contributed by atoms with Crippen molar-refractivity contribution in [2.45, 2.75) is 78.6 Å². The second-order valence-electron chi connectivity index (χ2n) is 12.3. The highest BCUT2D eigenvalue weighted by Gasteiger charge is 2.35. The number of carbonyl (C=O) groups is 8. The molecular formula is C30H50N8O9. The van der Waals surface area contributed by atoms with Crippen molar-refractivity contribution in [1.29, 1.82) is 0 Å². The van der Waals surface area contributed by atoms with Crippen LogP contribution in [0.2, 0.25) is 0 Å². The molecule has 5 atom stereocenters. The predicted octanol–water partition coefficient (Wildman–Crippen LogP) is 0.119. The summed E-state index contributed by atoms with van der Waals surface area (Å²) in [6.07, 6.45) is 3.08. The van der Waals surface area contributed by atoms with Crippen LogP contribution >= 0.6 is 0 Å². The van der Waals surface area contributed by atoms with E-state index in [9.17, 15) is 38.4 Å². The smallest absolute Gasteiger partial charge is 0.324 e. The average molecular weight is 667 g/mol. The van der Waals surface area contributed by atoms with E-state index in [0.29, 0.717) is 4.90 Å². The number of hydrogen-bond acceptors (Lipinski definition) is 9. The third-order valence-electron chi connectivity index (χ3n) is 7.49. The Morgan fingerprint density at radius 2 is 1.47 bits per heavy atom. The molecular weight excluding hydrogens is 616 g/mol. The Bertz CT molecular complexity index is 1220. The Labute approximate surface area is 275 Å². The van der Waals surface area contributed by atoms with Gasteiger partial charge in [0.05, 0.1) is 12.7 Å². The van der Waals surface area contributed by atoms with Crippen LogP contribution in [0, 0.1) is 17.8 Å². The van der Waals surface area contributed by atoms with Crippen molar-refractivity contribution < 1.29 is 43.1 Å². The molecule has 0 bridgehead atoms. The van der Waals surface area contributed by atoms with E-state index in [1.807, 2.05) is 26.1 Å². The molecule has 0 aromatic carbocycles. The maximum absolute atomic E-state index is 13.6. The highest BCUT2D eigenvalue weighted by Crippen LogP contribution is 2.19. The molecule has 0 aliphatic carbocycles. The maximum Gasteiger partial charge on any atom is 0.324 e. The lowest BCUT2D eigenvalue weighted by Gasteiger charge is -2.33. The molecule has 11 amide bonds. The third-order valence-corrected chi connectivity index (χ3v) is 7.49. The van der Waals surface area contributed by atoms with Gasteiger partial charge in [0.2, 0.25) is 23.6 Å². The van der Waals surface area contributed by atoms with Crippen molar-refractivity contribution in [1.82, 2.24) is 41.3 Å². The molecule has 1 heterocycles. The molecule has 264 valence electrons. The number of hydrogen-bond donors (Lipinski definition) is 5. The van der Waals surface area contributed by atoms with Gasteiger partial charge in [-0.1, -0.05) is 34.6 Å². The fourth-order valence-corrected chi connectivity index (χ4v) is 4.35.